The minimum atomic E-state index is 0.0416. The van der Waals surface area contributed by atoms with Crippen LogP contribution in [0.1, 0.15) is 52.5 Å². The maximum Gasteiger partial charge on any atom is 0.320 e. The molecule has 2 aromatic rings. The fourth-order valence-electron chi connectivity index (χ4n) is 4.74. The summed E-state index contributed by atoms with van der Waals surface area (Å²) in [5, 5.41) is 0.647. The number of amides is 2. The van der Waals surface area contributed by atoms with Crippen molar-refractivity contribution in [2.24, 2.45) is 5.92 Å². The number of urea groups is 1. The Morgan fingerprint density at radius 2 is 1.88 bits per heavy atom. The van der Waals surface area contributed by atoms with Gasteiger partial charge in [0.05, 0.1) is 0 Å². The molecule has 182 valence electrons. The number of piperazine rings is 1. The first-order chi connectivity index (χ1) is 16.2. The van der Waals surface area contributed by atoms with Crippen LogP contribution in [0.2, 0.25) is 5.02 Å². The van der Waals surface area contributed by atoms with E-state index in [1.54, 1.807) is 6.20 Å². The van der Waals surface area contributed by atoms with Crippen LogP contribution in [0.5, 0.6) is 0 Å². The molecule has 0 unspecified atom stereocenters. The lowest BCUT2D eigenvalue weighted by atomic mass is 9.96. The van der Waals surface area contributed by atoms with Gasteiger partial charge >= 0.3 is 6.03 Å². The monoisotopic (exact) mass is 482 g/mol. The SMILES string of the molecule is Cc1ccc(C(=O)Cc2cc(Cl)cc(CN3CCN(C(=O)N(C)CC4CC4)[C@@H](C)C3)c2C)cn1. The molecule has 2 heterocycles. The Morgan fingerprint density at radius 1 is 1.15 bits per heavy atom. The predicted octanol–water partition coefficient (Wildman–Crippen LogP) is 4.75. The van der Waals surface area contributed by atoms with Gasteiger partial charge in [-0.05, 0) is 80.5 Å². The summed E-state index contributed by atoms with van der Waals surface area (Å²) in [6.07, 6.45) is 4.43. The lowest BCUT2D eigenvalue weighted by molar-refractivity contribution is 0.0810. The van der Waals surface area contributed by atoms with Gasteiger partial charge in [-0.3, -0.25) is 14.7 Å². The molecule has 1 saturated heterocycles. The number of aromatic nitrogens is 1. The van der Waals surface area contributed by atoms with Crippen LogP contribution in [0.3, 0.4) is 0 Å². The molecule has 0 radical (unpaired) electrons. The first-order valence-corrected chi connectivity index (χ1v) is 12.6. The van der Waals surface area contributed by atoms with Crippen molar-refractivity contribution in [1.82, 2.24) is 19.7 Å². The van der Waals surface area contributed by atoms with Gasteiger partial charge in [-0.1, -0.05) is 11.6 Å². The van der Waals surface area contributed by atoms with E-state index in [0.29, 0.717) is 22.9 Å². The average Bonchev–Trinajstić information content (AvgIpc) is 3.61. The summed E-state index contributed by atoms with van der Waals surface area (Å²) >= 11 is 6.46. The van der Waals surface area contributed by atoms with Crippen molar-refractivity contribution in [1.29, 1.82) is 0 Å². The third kappa shape index (κ3) is 5.97. The number of ketones is 1. The summed E-state index contributed by atoms with van der Waals surface area (Å²) < 4.78 is 0. The van der Waals surface area contributed by atoms with E-state index in [4.69, 9.17) is 11.6 Å². The van der Waals surface area contributed by atoms with Gasteiger partial charge in [0.15, 0.2) is 5.78 Å². The van der Waals surface area contributed by atoms with Gasteiger partial charge < -0.3 is 9.80 Å². The third-order valence-electron chi connectivity index (χ3n) is 7.08. The number of aryl methyl sites for hydroxylation is 1. The molecule has 4 rings (SSSR count). The quantitative estimate of drug-likeness (QED) is 0.534. The largest absolute Gasteiger partial charge is 0.327 e. The number of nitrogens with zero attached hydrogens (tertiary/aromatic N) is 4. The van der Waals surface area contributed by atoms with Gasteiger partial charge in [0.25, 0.3) is 0 Å². The highest BCUT2D eigenvalue weighted by atomic mass is 35.5. The Labute approximate surface area is 207 Å². The third-order valence-corrected chi connectivity index (χ3v) is 7.30. The first kappa shape index (κ1) is 24.7. The summed E-state index contributed by atoms with van der Waals surface area (Å²) in [4.78, 5) is 36.2. The van der Waals surface area contributed by atoms with Gasteiger partial charge in [-0.2, -0.15) is 0 Å². The highest BCUT2D eigenvalue weighted by molar-refractivity contribution is 6.30. The second-order valence-electron chi connectivity index (χ2n) is 10.0. The van der Waals surface area contributed by atoms with Gasteiger partial charge in [0.1, 0.15) is 0 Å². The molecular weight excluding hydrogens is 448 g/mol. The van der Waals surface area contributed by atoms with E-state index < -0.39 is 0 Å². The number of halogens is 1. The van der Waals surface area contributed by atoms with Crippen molar-refractivity contribution in [2.45, 2.75) is 52.6 Å². The molecule has 7 heteroatoms. The summed E-state index contributed by atoms with van der Waals surface area (Å²) in [5.74, 6) is 0.736. The molecule has 0 N–H and O–H groups in total. The van der Waals surface area contributed by atoms with E-state index in [9.17, 15) is 9.59 Å². The van der Waals surface area contributed by atoms with Gasteiger partial charge in [0.2, 0.25) is 0 Å². The molecule has 1 aromatic carbocycles. The maximum atomic E-state index is 12.9. The van der Waals surface area contributed by atoms with Crippen LogP contribution in [0, 0.1) is 19.8 Å². The van der Waals surface area contributed by atoms with Crippen molar-refractivity contribution >= 4 is 23.4 Å². The Balaban J connectivity index is 1.40. The molecular formula is C27H35ClN4O2. The number of carbonyl (C=O) groups excluding carboxylic acids is 2. The van der Waals surface area contributed by atoms with Crippen molar-refractivity contribution in [3.05, 3.63) is 63.4 Å². The maximum absolute atomic E-state index is 12.9. The number of carbonyl (C=O) groups is 2. The van der Waals surface area contributed by atoms with Crippen LogP contribution >= 0.6 is 11.6 Å². The second-order valence-corrected chi connectivity index (χ2v) is 10.5. The van der Waals surface area contributed by atoms with Crippen molar-refractivity contribution in [3.63, 3.8) is 0 Å². The Hall–Kier alpha value is -2.44. The van der Waals surface area contributed by atoms with Crippen molar-refractivity contribution < 1.29 is 9.59 Å². The summed E-state index contributed by atoms with van der Waals surface area (Å²) in [7, 11) is 1.92. The molecule has 2 aliphatic rings. The van der Waals surface area contributed by atoms with E-state index >= 15 is 0 Å². The van der Waals surface area contributed by atoms with Crippen LogP contribution in [-0.2, 0) is 13.0 Å². The summed E-state index contributed by atoms with van der Waals surface area (Å²) in [5.41, 5.74) is 4.70. The lowest BCUT2D eigenvalue weighted by Crippen LogP contribution is -2.56. The summed E-state index contributed by atoms with van der Waals surface area (Å²) in [6.45, 7) is 10.1. The Kier molecular flexibility index (Phi) is 7.58. The molecule has 1 saturated carbocycles. The molecule has 1 aliphatic carbocycles. The summed E-state index contributed by atoms with van der Waals surface area (Å²) in [6, 6.07) is 7.88. The molecule has 1 atom stereocenters. The molecule has 34 heavy (non-hydrogen) atoms. The van der Waals surface area contributed by atoms with Crippen LogP contribution in [0.15, 0.2) is 30.5 Å². The van der Waals surface area contributed by atoms with E-state index in [1.165, 1.54) is 12.8 Å². The molecule has 0 bridgehead atoms. The van der Waals surface area contributed by atoms with Gasteiger partial charge in [0, 0.05) is 74.7 Å². The highest BCUT2D eigenvalue weighted by Gasteiger charge is 2.32. The highest BCUT2D eigenvalue weighted by Crippen LogP contribution is 2.30. The predicted molar refractivity (Wildman–Crippen MR) is 135 cm³/mol. The van der Waals surface area contributed by atoms with Crippen molar-refractivity contribution in [2.75, 3.05) is 33.2 Å². The number of hydrogen-bond acceptors (Lipinski definition) is 4. The zero-order valence-electron chi connectivity index (χ0n) is 20.7. The lowest BCUT2D eigenvalue weighted by Gasteiger charge is -2.41. The van der Waals surface area contributed by atoms with Crippen LogP contribution in [-0.4, -0.2) is 70.8 Å². The molecule has 0 spiro atoms. The topological polar surface area (TPSA) is 56.8 Å². The number of benzene rings is 1. The molecule has 1 aliphatic heterocycles. The van der Waals surface area contributed by atoms with Crippen LogP contribution in [0.4, 0.5) is 4.79 Å². The molecule has 2 fully saturated rings. The average molecular weight is 483 g/mol. The minimum Gasteiger partial charge on any atom is -0.327 e. The van der Waals surface area contributed by atoms with E-state index in [2.05, 4.69) is 23.7 Å². The fraction of sp³-hybridized carbons (Fsp3) is 0.519. The first-order valence-electron chi connectivity index (χ1n) is 12.2. The number of rotatable bonds is 7. The van der Waals surface area contributed by atoms with E-state index in [0.717, 1.165) is 55.1 Å². The molecule has 6 nitrogen and oxygen atoms in total. The number of hydrogen-bond donors (Lipinski definition) is 0. The molecule has 1 aromatic heterocycles. The fourth-order valence-corrected chi connectivity index (χ4v) is 5.00. The van der Waals surface area contributed by atoms with Crippen LogP contribution in [0.25, 0.3) is 0 Å². The normalized spacial score (nSPS) is 18.7. The Morgan fingerprint density at radius 3 is 2.53 bits per heavy atom. The van der Waals surface area contributed by atoms with E-state index in [-0.39, 0.29) is 17.9 Å². The number of pyridine rings is 1. The van der Waals surface area contributed by atoms with E-state index in [1.807, 2.05) is 48.0 Å². The standard InChI is InChI=1S/C27H35ClN4O2/c1-18-5-8-22(14-29-18)26(33)13-23-11-25(28)12-24(20(23)3)17-31-9-10-32(19(2)15-31)27(34)30(4)16-21-6-7-21/h5,8,11-12,14,19,21H,6-7,9-10,13,15-17H2,1-4H3/t19-/m0/s1. The minimum absolute atomic E-state index is 0.0416. The van der Waals surface area contributed by atoms with Crippen molar-refractivity contribution in [3.8, 4) is 0 Å². The smallest absolute Gasteiger partial charge is 0.320 e. The van der Waals surface area contributed by atoms with Gasteiger partial charge in [-0.15, -0.1) is 0 Å². The van der Waals surface area contributed by atoms with Gasteiger partial charge in [-0.25, -0.2) is 4.79 Å². The zero-order chi connectivity index (χ0) is 24.4. The second kappa shape index (κ2) is 10.4. The molecule has 2 amide bonds. The van der Waals surface area contributed by atoms with Crippen LogP contribution < -0.4 is 0 Å². The number of Topliss-reactive ketones (excluding diaryl/α,β-unsaturated/α-hetero) is 1. The Bertz CT molecular complexity index is 1050. The zero-order valence-corrected chi connectivity index (χ0v) is 21.4.